The van der Waals surface area contributed by atoms with E-state index in [9.17, 15) is 4.79 Å². The fourth-order valence-electron chi connectivity index (χ4n) is 3.43. The van der Waals surface area contributed by atoms with E-state index in [4.69, 9.17) is 4.74 Å². The molecule has 1 aromatic heterocycles. The SMILES string of the molecule is COc1ccc2[nH]c3c(c(=O)c2c1)CCN(Cc1ccccc1)C3. The summed E-state index contributed by atoms with van der Waals surface area (Å²) in [5.41, 5.74) is 4.27. The Balaban J connectivity index is 1.67. The number of methoxy groups -OCH3 is 1. The molecular weight excluding hydrogens is 300 g/mol. The maximum Gasteiger partial charge on any atom is 0.193 e. The highest BCUT2D eigenvalue weighted by Gasteiger charge is 2.21. The molecule has 0 fully saturated rings. The van der Waals surface area contributed by atoms with E-state index in [1.807, 2.05) is 24.3 Å². The van der Waals surface area contributed by atoms with Crippen molar-refractivity contribution in [2.75, 3.05) is 13.7 Å². The molecular formula is C20H20N2O2. The van der Waals surface area contributed by atoms with Gasteiger partial charge in [0.25, 0.3) is 0 Å². The number of nitrogens with zero attached hydrogens (tertiary/aromatic N) is 1. The van der Waals surface area contributed by atoms with Crippen molar-refractivity contribution >= 4 is 10.9 Å². The van der Waals surface area contributed by atoms with Gasteiger partial charge in [0.05, 0.1) is 7.11 Å². The Morgan fingerprint density at radius 3 is 2.79 bits per heavy atom. The van der Waals surface area contributed by atoms with Crippen LogP contribution in [0.15, 0.2) is 53.3 Å². The molecule has 0 atom stereocenters. The number of pyridine rings is 1. The number of hydrogen-bond acceptors (Lipinski definition) is 3. The van der Waals surface area contributed by atoms with E-state index in [1.54, 1.807) is 7.11 Å². The minimum Gasteiger partial charge on any atom is -0.497 e. The van der Waals surface area contributed by atoms with Gasteiger partial charge in [-0.3, -0.25) is 9.69 Å². The molecule has 122 valence electrons. The number of aromatic nitrogens is 1. The van der Waals surface area contributed by atoms with Crippen LogP contribution in [0.5, 0.6) is 5.75 Å². The number of ether oxygens (including phenoxy) is 1. The molecule has 4 heteroatoms. The lowest BCUT2D eigenvalue weighted by Gasteiger charge is -2.28. The average molecular weight is 320 g/mol. The van der Waals surface area contributed by atoms with Crippen LogP contribution < -0.4 is 10.2 Å². The monoisotopic (exact) mass is 320 g/mol. The van der Waals surface area contributed by atoms with Crippen molar-refractivity contribution in [1.82, 2.24) is 9.88 Å². The summed E-state index contributed by atoms with van der Waals surface area (Å²) in [5, 5.41) is 0.713. The second-order valence-corrected chi connectivity index (χ2v) is 6.27. The number of nitrogens with one attached hydrogen (secondary N) is 1. The van der Waals surface area contributed by atoms with Gasteiger partial charge in [-0.05, 0) is 30.2 Å². The van der Waals surface area contributed by atoms with Crippen LogP contribution in [0, 0.1) is 0 Å². The predicted octanol–water partition coefficient (Wildman–Crippen LogP) is 3.10. The van der Waals surface area contributed by atoms with E-state index in [1.165, 1.54) is 5.56 Å². The van der Waals surface area contributed by atoms with Crippen LogP contribution in [0.2, 0.25) is 0 Å². The van der Waals surface area contributed by atoms with Gasteiger partial charge < -0.3 is 9.72 Å². The molecule has 1 N–H and O–H groups in total. The molecule has 0 amide bonds. The first-order valence-corrected chi connectivity index (χ1v) is 8.22. The molecule has 1 aliphatic heterocycles. The number of aromatic amines is 1. The van der Waals surface area contributed by atoms with Crippen molar-refractivity contribution in [2.45, 2.75) is 19.5 Å². The number of fused-ring (bicyclic) bond motifs is 2. The third-order valence-electron chi connectivity index (χ3n) is 4.70. The smallest absolute Gasteiger partial charge is 0.193 e. The Bertz CT molecular complexity index is 932. The molecule has 1 aliphatic rings. The molecule has 0 bridgehead atoms. The Morgan fingerprint density at radius 1 is 1.17 bits per heavy atom. The molecule has 2 aromatic carbocycles. The summed E-state index contributed by atoms with van der Waals surface area (Å²) in [5.74, 6) is 0.717. The van der Waals surface area contributed by atoms with Gasteiger partial charge in [0.1, 0.15) is 5.75 Å². The van der Waals surface area contributed by atoms with Crippen LogP contribution in [0.3, 0.4) is 0 Å². The summed E-state index contributed by atoms with van der Waals surface area (Å²) < 4.78 is 5.24. The largest absolute Gasteiger partial charge is 0.497 e. The normalized spacial score (nSPS) is 14.5. The van der Waals surface area contributed by atoms with Gasteiger partial charge in [0, 0.05) is 41.8 Å². The summed E-state index contributed by atoms with van der Waals surface area (Å²) >= 11 is 0. The zero-order valence-electron chi connectivity index (χ0n) is 13.7. The van der Waals surface area contributed by atoms with Crippen LogP contribution in [0.4, 0.5) is 0 Å². The number of H-pyrrole nitrogens is 1. The van der Waals surface area contributed by atoms with Gasteiger partial charge in [-0.1, -0.05) is 30.3 Å². The maximum absolute atomic E-state index is 12.8. The molecule has 0 spiro atoms. The van der Waals surface area contributed by atoms with E-state index in [2.05, 4.69) is 34.1 Å². The van der Waals surface area contributed by atoms with Crippen LogP contribution in [-0.2, 0) is 19.5 Å². The van der Waals surface area contributed by atoms with Crippen LogP contribution >= 0.6 is 0 Å². The molecule has 0 radical (unpaired) electrons. The Hall–Kier alpha value is -2.59. The van der Waals surface area contributed by atoms with Crippen molar-refractivity contribution in [3.63, 3.8) is 0 Å². The van der Waals surface area contributed by atoms with Crippen LogP contribution in [-0.4, -0.2) is 23.5 Å². The van der Waals surface area contributed by atoms with Gasteiger partial charge >= 0.3 is 0 Å². The summed E-state index contributed by atoms with van der Waals surface area (Å²) in [6.07, 6.45) is 0.782. The van der Waals surface area contributed by atoms with Crippen molar-refractivity contribution < 1.29 is 4.74 Å². The summed E-state index contributed by atoms with van der Waals surface area (Å²) in [7, 11) is 1.62. The molecule has 4 rings (SSSR count). The molecule has 4 nitrogen and oxygen atoms in total. The third-order valence-corrected chi connectivity index (χ3v) is 4.70. The number of hydrogen-bond donors (Lipinski definition) is 1. The quantitative estimate of drug-likeness (QED) is 0.806. The van der Waals surface area contributed by atoms with E-state index in [0.29, 0.717) is 5.39 Å². The van der Waals surface area contributed by atoms with Crippen LogP contribution in [0.25, 0.3) is 10.9 Å². The summed E-state index contributed by atoms with van der Waals surface area (Å²) in [6.45, 7) is 2.59. The predicted molar refractivity (Wildman–Crippen MR) is 95.4 cm³/mol. The third kappa shape index (κ3) is 2.69. The maximum atomic E-state index is 12.8. The van der Waals surface area contributed by atoms with Crippen LogP contribution in [0.1, 0.15) is 16.8 Å². The first-order valence-electron chi connectivity index (χ1n) is 8.22. The second kappa shape index (κ2) is 6.13. The fourth-order valence-corrected chi connectivity index (χ4v) is 3.43. The molecule has 0 saturated heterocycles. The lowest BCUT2D eigenvalue weighted by molar-refractivity contribution is 0.241. The van der Waals surface area contributed by atoms with Crippen molar-refractivity contribution in [2.24, 2.45) is 0 Å². The second-order valence-electron chi connectivity index (χ2n) is 6.27. The molecule has 0 unspecified atom stereocenters. The standard InChI is InChI=1S/C20H20N2O2/c1-24-15-7-8-18-17(11-15)20(23)16-9-10-22(13-19(16)21-18)12-14-5-3-2-4-6-14/h2-8,11H,9-10,12-13H2,1H3,(H,21,23). The fraction of sp³-hybridized carbons (Fsp3) is 0.250. The lowest BCUT2D eigenvalue weighted by atomic mass is 10.0. The zero-order valence-corrected chi connectivity index (χ0v) is 13.7. The molecule has 0 saturated carbocycles. The van der Waals surface area contributed by atoms with Crippen molar-refractivity contribution in [3.05, 3.63) is 75.6 Å². The Morgan fingerprint density at radius 2 is 2.00 bits per heavy atom. The summed E-state index contributed by atoms with van der Waals surface area (Å²) in [4.78, 5) is 18.6. The lowest BCUT2D eigenvalue weighted by Crippen LogP contribution is -2.34. The van der Waals surface area contributed by atoms with Crippen molar-refractivity contribution in [1.29, 1.82) is 0 Å². The average Bonchev–Trinajstić information content (AvgIpc) is 2.62. The highest BCUT2D eigenvalue weighted by atomic mass is 16.5. The minimum atomic E-state index is 0.136. The topological polar surface area (TPSA) is 45.3 Å². The molecule has 3 aromatic rings. The highest BCUT2D eigenvalue weighted by molar-refractivity contribution is 5.81. The Kier molecular flexibility index (Phi) is 3.82. The van der Waals surface area contributed by atoms with E-state index < -0.39 is 0 Å². The Labute approximate surface area is 140 Å². The number of rotatable bonds is 3. The highest BCUT2D eigenvalue weighted by Crippen LogP contribution is 2.22. The van der Waals surface area contributed by atoms with Crippen molar-refractivity contribution in [3.8, 4) is 5.75 Å². The van der Waals surface area contributed by atoms with Gasteiger partial charge in [-0.25, -0.2) is 0 Å². The van der Waals surface area contributed by atoms with Gasteiger partial charge in [0.15, 0.2) is 5.43 Å². The summed E-state index contributed by atoms with van der Waals surface area (Å²) in [6, 6.07) is 16.1. The first-order chi connectivity index (χ1) is 11.7. The molecule has 2 heterocycles. The minimum absolute atomic E-state index is 0.136. The van der Waals surface area contributed by atoms with E-state index in [-0.39, 0.29) is 5.43 Å². The van der Waals surface area contributed by atoms with Gasteiger partial charge in [-0.15, -0.1) is 0 Å². The van der Waals surface area contributed by atoms with E-state index >= 15 is 0 Å². The molecule has 0 aliphatic carbocycles. The van der Waals surface area contributed by atoms with Gasteiger partial charge in [0.2, 0.25) is 0 Å². The molecule has 24 heavy (non-hydrogen) atoms. The van der Waals surface area contributed by atoms with Gasteiger partial charge in [-0.2, -0.15) is 0 Å². The zero-order chi connectivity index (χ0) is 16.5. The first kappa shape index (κ1) is 15.0. The number of benzene rings is 2. The van der Waals surface area contributed by atoms with E-state index in [0.717, 1.165) is 48.6 Å².